The molecule has 13 heavy (non-hydrogen) atoms. The van der Waals surface area contributed by atoms with Crippen LogP contribution < -0.4 is 0 Å². The lowest BCUT2D eigenvalue weighted by Crippen LogP contribution is -2.26. The van der Waals surface area contributed by atoms with Crippen LogP contribution in [0.4, 0.5) is 0 Å². The van der Waals surface area contributed by atoms with Gasteiger partial charge in [-0.1, -0.05) is 24.3 Å². The number of rotatable bonds is 0. The molecule has 0 spiro atoms. The molecule has 0 saturated heterocycles. The summed E-state index contributed by atoms with van der Waals surface area (Å²) in [6, 6.07) is 8.42. The third-order valence-corrected chi connectivity index (χ3v) is 2.87. The molecule has 0 aromatic heterocycles. The predicted molar refractivity (Wildman–Crippen MR) is 59.7 cm³/mol. The third kappa shape index (κ3) is 1.68. The first-order valence-corrected chi connectivity index (χ1v) is 5.21. The summed E-state index contributed by atoms with van der Waals surface area (Å²) >= 11 is 3.51. The fraction of sp³-hybridized carbons (Fsp3) is 0.364. The molecule has 1 aliphatic heterocycles. The summed E-state index contributed by atoms with van der Waals surface area (Å²) < 4.78 is 0.986. The molecule has 0 N–H and O–H groups in total. The molecule has 1 aliphatic rings. The third-order valence-electron chi connectivity index (χ3n) is 2.26. The van der Waals surface area contributed by atoms with Crippen molar-refractivity contribution < 1.29 is 0 Å². The van der Waals surface area contributed by atoms with E-state index < -0.39 is 0 Å². The fourth-order valence-corrected chi connectivity index (χ4v) is 2.57. The molecule has 0 aliphatic carbocycles. The highest BCUT2D eigenvalue weighted by atomic mass is 79.9. The van der Waals surface area contributed by atoms with E-state index in [4.69, 9.17) is 0 Å². The van der Waals surface area contributed by atoms with E-state index in [1.54, 1.807) is 0 Å². The minimum atomic E-state index is 0.0349. The quantitative estimate of drug-likeness (QED) is 0.658. The van der Waals surface area contributed by atoms with Crippen molar-refractivity contribution >= 4 is 20.6 Å². The van der Waals surface area contributed by atoms with Gasteiger partial charge in [0, 0.05) is 5.56 Å². The van der Waals surface area contributed by atoms with Crippen LogP contribution in [0.15, 0.2) is 29.3 Å². The first-order chi connectivity index (χ1) is 6.08. The van der Waals surface area contributed by atoms with Crippen LogP contribution in [-0.2, 0) is 6.42 Å². The van der Waals surface area contributed by atoms with Crippen LogP contribution in [0.25, 0.3) is 0 Å². The van der Waals surface area contributed by atoms with E-state index in [0.29, 0.717) is 0 Å². The summed E-state index contributed by atoms with van der Waals surface area (Å²) in [5, 5.41) is 0. The van der Waals surface area contributed by atoms with Crippen molar-refractivity contribution in [2.75, 3.05) is 0 Å². The molecule has 2 rings (SSSR count). The Morgan fingerprint density at radius 3 is 2.77 bits per heavy atom. The van der Waals surface area contributed by atoms with Gasteiger partial charge in [0.15, 0.2) is 0 Å². The molecule has 1 aromatic rings. The van der Waals surface area contributed by atoms with Crippen molar-refractivity contribution in [3.8, 4) is 0 Å². The monoisotopic (exact) mass is 237 g/mol. The average molecular weight is 238 g/mol. The lowest BCUT2D eigenvalue weighted by atomic mass is 9.90. The van der Waals surface area contributed by atoms with E-state index in [0.717, 1.165) is 11.0 Å². The second-order valence-corrected chi connectivity index (χ2v) is 4.80. The predicted octanol–water partition coefficient (Wildman–Crippen LogP) is 3.16. The van der Waals surface area contributed by atoms with Gasteiger partial charge in [-0.25, -0.2) is 0 Å². The summed E-state index contributed by atoms with van der Waals surface area (Å²) in [4.78, 5) is 4.59. The van der Waals surface area contributed by atoms with Gasteiger partial charge in [-0.05, 0) is 41.8 Å². The van der Waals surface area contributed by atoms with Crippen LogP contribution in [0.3, 0.4) is 0 Å². The van der Waals surface area contributed by atoms with E-state index >= 15 is 0 Å². The largest absolute Gasteiger partial charge is 0.271 e. The molecule has 0 saturated carbocycles. The van der Waals surface area contributed by atoms with Gasteiger partial charge in [0.1, 0.15) is 4.62 Å². The number of halogens is 1. The van der Waals surface area contributed by atoms with E-state index in [9.17, 15) is 0 Å². The number of benzene rings is 1. The van der Waals surface area contributed by atoms with Crippen LogP contribution >= 0.6 is 15.9 Å². The summed E-state index contributed by atoms with van der Waals surface area (Å²) in [7, 11) is 0. The topological polar surface area (TPSA) is 12.4 Å². The number of hydrogen-bond acceptors (Lipinski definition) is 1. The maximum absolute atomic E-state index is 4.59. The lowest BCUT2D eigenvalue weighted by Gasteiger charge is -2.26. The number of nitrogens with zero attached hydrogens (tertiary/aromatic N) is 1. The Morgan fingerprint density at radius 1 is 1.31 bits per heavy atom. The minimum absolute atomic E-state index is 0.0349. The molecule has 0 unspecified atom stereocenters. The van der Waals surface area contributed by atoms with Crippen LogP contribution in [0, 0.1) is 0 Å². The zero-order valence-corrected chi connectivity index (χ0v) is 9.43. The molecular weight excluding hydrogens is 226 g/mol. The SMILES string of the molecule is CC1(C)Cc2ccccc2C(Br)=N1. The first-order valence-electron chi connectivity index (χ1n) is 4.42. The Kier molecular flexibility index (Phi) is 2.03. The van der Waals surface area contributed by atoms with Gasteiger partial charge in [-0.2, -0.15) is 0 Å². The molecule has 2 heteroatoms. The first kappa shape index (κ1) is 8.95. The molecule has 0 fully saturated rings. The Hall–Kier alpha value is -0.630. The van der Waals surface area contributed by atoms with Crippen molar-refractivity contribution in [1.82, 2.24) is 0 Å². The standard InChI is InChI=1S/C11H12BrN/c1-11(2)7-8-5-3-4-6-9(8)10(12)13-11/h3-6H,7H2,1-2H3. The fourth-order valence-electron chi connectivity index (χ4n) is 1.71. The summed E-state index contributed by atoms with van der Waals surface area (Å²) in [5.74, 6) is 0. The second kappa shape index (κ2) is 2.95. The van der Waals surface area contributed by atoms with Crippen LogP contribution in [0.5, 0.6) is 0 Å². The summed E-state index contributed by atoms with van der Waals surface area (Å²) in [6.45, 7) is 4.31. The van der Waals surface area contributed by atoms with E-state index in [1.165, 1.54) is 11.1 Å². The molecule has 68 valence electrons. The second-order valence-electron chi connectivity index (χ2n) is 4.05. The van der Waals surface area contributed by atoms with Gasteiger partial charge in [0.2, 0.25) is 0 Å². The van der Waals surface area contributed by atoms with Crippen LogP contribution in [-0.4, -0.2) is 10.2 Å². The van der Waals surface area contributed by atoms with Crippen LogP contribution in [0.1, 0.15) is 25.0 Å². The molecule has 1 nitrogen and oxygen atoms in total. The maximum atomic E-state index is 4.59. The average Bonchev–Trinajstić information content (AvgIpc) is 2.02. The van der Waals surface area contributed by atoms with Gasteiger partial charge in [-0.15, -0.1) is 0 Å². The van der Waals surface area contributed by atoms with Crippen LogP contribution in [0.2, 0.25) is 0 Å². The van der Waals surface area contributed by atoms with Crippen molar-refractivity contribution in [2.45, 2.75) is 25.8 Å². The minimum Gasteiger partial charge on any atom is -0.271 e. The van der Waals surface area contributed by atoms with Gasteiger partial charge >= 0.3 is 0 Å². The van der Waals surface area contributed by atoms with Gasteiger partial charge < -0.3 is 0 Å². The van der Waals surface area contributed by atoms with Gasteiger partial charge in [-0.3, -0.25) is 4.99 Å². The zero-order chi connectivity index (χ0) is 9.47. The highest BCUT2D eigenvalue weighted by Crippen LogP contribution is 2.28. The molecule has 0 radical (unpaired) electrons. The van der Waals surface area contributed by atoms with E-state index in [-0.39, 0.29) is 5.54 Å². The number of fused-ring (bicyclic) bond motifs is 1. The van der Waals surface area contributed by atoms with Crippen molar-refractivity contribution in [3.63, 3.8) is 0 Å². The summed E-state index contributed by atoms with van der Waals surface area (Å²) in [6.07, 6.45) is 1.03. The molecule has 1 heterocycles. The Balaban J connectivity index is 2.55. The maximum Gasteiger partial charge on any atom is 0.108 e. The number of hydrogen-bond donors (Lipinski definition) is 0. The molecule has 0 amide bonds. The highest BCUT2D eigenvalue weighted by molar-refractivity contribution is 9.18. The zero-order valence-electron chi connectivity index (χ0n) is 7.84. The van der Waals surface area contributed by atoms with Gasteiger partial charge in [0.25, 0.3) is 0 Å². The van der Waals surface area contributed by atoms with E-state index in [2.05, 4.69) is 53.0 Å². The Bertz CT molecular complexity index is 366. The van der Waals surface area contributed by atoms with Crippen molar-refractivity contribution in [1.29, 1.82) is 0 Å². The number of aliphatic imine (C=N–C) groups is 1. The van der Waals surface area contributed by atoms with Gasteiger partial charge in [0.05, 0.1) is 5.54 Å². The molecule has 1 aromatic carbocycles. The lowest BCUT2D eigenvalue weighted by molar-refractivity contribution is 0.515. The Labute approximate surface area is 87.0 Å². The molecule has 0 atom stereocenters. The van der Waals surface area contributed by atoms with Crippen molar-refractivity contribution in [3.05, 3.63) is 35.4 Å². The Morgan fingerprint density at radius 2 is 2.00 bits per heavy atom. The molecular formula is C11H12BrN. The molecule has 0 bridgehead atoms. The van der Waals surface area contributed by atoms with Crippen molar-refractivity contribution in [2.24, 2.45) is 4.99 Å². The smallest absolute Gasteiger partial charge is 0.108 e. The normalized spacial score (nSPS) is 19.2. The van der Waals surface area contributed by atoms with E-state index in [1.807, 2.05) is 6.07 Å². The summed E-state index contributed by atoms with van der Waals surface area (Å²) in [5.41, 5.74) is 2.66. The highest BCUT2D eigenvalue weighted by Gasteiger charge is 2.24.